The molecule has 0 aromatic heterocycles. The number of hydrogen-bond acceptors (Lipinski definition) is 3. The summed E-state index contributed by atoms with van der Waals surface area (Å²) in [7, 11) is 0. The van der Waals surface area contributed by atoms with E-state index in [0.717, 1.165) is 14.7 Å². The number of aryl methyl sites for hydroxylation is 1. The van der Waals surface area contributed by atoms with E-state index in [4.69, 9.17) is 5.84 Å². The van der Waals surface area contributed by atoms with E-state index >= 15 is 0 Å². The fourth-order valence-electron chi connectivity index (χ4n) is 1.64. The molecule has 0 spiro atoms. The average Bonchev–Trinajstić information content (AvgIpc) is 2.24. The fraction of sp³-hybridized carbons (Fsp3) is 0.571. The van der Waals surface area contributed by atoms with Crippen LogP contribution in [0.4, 0.5) is 0 Å². The SMILES string of the molecule is Cc1cc(I)cc(CN(N)C(C)(C)C(C)C)c1O. The van der Waals surface area contributed by atoms with Gasteiger partial charge in [0.1, 0.15) is 5.75 Å². The third-order valence-electron chi connectivity index (χ3n) is 3.84. The van der Waals surface area contributed by atoms with Gasteiger partial charge in [0.05, 0.1) is 0 Å². The van der Waals surface area contributed by atoms with Gasteiger partial charge < -0.3 is 5.11 Å². The van der Waals surface area contributed by atoms with Crippen LogP contribution >= 0.6 is 22.6 Å². The molecule has 0 bridgehead atoms. The zero-order valence-electron chi connectivity index (χ0n) is 11.8. The summed E-state index contributed by atoms with van der Waals surface area (Å²) in [5, 5.41) is 11.9. The van der Waals surface area contributed by atoms with E-state index < -0.39 is 0 Å². The number of hydrogen-bond donors (Lipinski definition) is 2. The normalized spacial score (nSPS) is 12.5. The van der Waals surface area contributed by atoms with Crippen molar-refractivity contribution in [1.29, 1.82) is 0 Å². The van der Waals surface area contributed by atoms with Crippen molar-refractivity contribution in [3.8, 4) is 5.75 Å². The van der Waals surface area contributed by atoms with Gasteiger partial charge in [-0.1, -0.05) is 13.8 Å². The van der Waals surface area contributed by atoms with E-state index in [1.165, 1.54) is 0 Å². The first-order valence-electron chi connectivity index (χ1n) is 6.16. The van der Waals surface area contributed by atoms with Gasteiger partial charge >= 0.3 is 0 Å². The Hall–Kier alpha value is -0.330. The number of phenols is 1. The van der Waals surface area contributed by atoms with Crippen LogP contribution < -0.4 is 5.84 Å². The highest BCUT2D eigenvalue weighted by atomic mass is 127. The van der Waals surface area contributed by atoms with Gasteiger partial charge in [-0.3, -0.25) is 5.84 Å². The number of aromatic hydroxyl groups is 1. The summed E-state index contributed by atoms with van der Waals surface area (Å²) in [6.07, 6.45) is 0. The predicted octanol–water partition coefficient (Wildman–Crippen LogP) is 3.42. The van der Waals surface area contributed by atoms with Crippen molar-refractivity contribution in [2.75, 3.05) is 0 Å². The molecule has 4 heteroatoms. The lowest BCUT2D eigenvalue weighted by Crippen LogP contribution is -2.51. The summed E-state index contributed by atoms with van der Waals surface area (Å²) >= 11 is 2.26. The molecule has 18 heavy (non-hydrogen) atoms. The van der Waals surface area contributed by atoms with Gasteiger partial charge in [-0.25, -0.2) is 5.01 Å². The van der Waals surface area contributed by atoms with Crippen molar-refractivity contribution in [3.05, 3.63) is 26.8 Å². The summed E-state index contributed by atoms with van der Waals surface area (Å²) in [6, 6.07) is 3.95. The minimum atomic E-state index is -0.110. The third-order valence-corrected chi connectivity index (χ3v) is 4.46. The van der Waals surface area contributed by atoms with Gasteiger partial charge in [-0.05, 0) is 67.0 Å². The molecule has 0 aliphatic rings. The molecule has 1 aromatic rings. The van der Waals surface area contributed by atoms with E-state index in [0.29, 0.717) is 18.2 Å². The second kappa shape index (κ2) is 5.75. The Bertz CT molecular complexity index is 430. The summed E-state index contributed by atoms with van der Waals surface area (Å²) < 4.78 is 1.12. The van der Waals surface area contributed by atoms with Crippen LogP contribution in [0, 0.1) is 16.4 Å². The van der Waals surface area contributed by atoms with Crippen molar-refractivity contribution in [3.63, 3.8) is 0 Å². The molecule has 1 aromatic carbocycles. The molecule has 0 saturated carbocycles. The van der Waals surface area contributed by atoms with E-state index in [-0.39, 0.29) is 5.54 Å². The van der Waals surface area contributed by atoms with Crippen LogP contribution in [-0.2, 0) is 6.54 Å². The largest absolute Gasteiger partial charge is 0.507 e. The summed E-state index contributed by atoms with van der Waals surface area (Å²) in [6.45, 7) is 11.0. The minimum absolute atomic E-state index is 0.110. The zero-order valence-corrected chi connectivity index (χ0v) is 13.9. The highest BCUT2D eigenvalue weighted by Crippen LogP contribution is 2.29. The molecule has 0 amide bonds. The van der Waals surface area contributed by atoms with Crippen molar-refractivity contribution < 1.29 is 5.11 Å². The molecular weight excluding hydrogens is 339 g/mol. The molecular formula is C14H23IN2O. The first-order chi connectivity index (χ1) is 8.16. The molecule has 0 saturated heterocycles. The first kappa shape index (κ1) is 15.7. The van der Waals surface area contributed by atoms with Gasteiger partial charge in [0, 0.05) is 21.2 Å². The van der Waals surface area contributed by atoms with Crippen molar-refractivity contribution >= 4 is 22.6 Å². The Balaban J connectivity index is 2.98. The second-order valence-electron chi connectivity index (χ2n) is 5.67. The molecule has 0 heterocycles. The number of nitrogens with two attached hydrogens (primary N) is 1. The first-order valence-corrected chi connectivity index (χ1v) is 7.24. The van der Waals surface area contributed by atoms with E-state index in [1.54, 1.807) is 0 Å². The Labute approximate surface area is 123 Å². The smallest absolute Gasteiger partial charge is 0.123 e. The maximum Gasteiger partial charge on any atom is 0.123 e. The Morgan fingerprint density at radius 1 is 1.39 bits per heavy atom. The number of halogens is 1. The van der Waals surface area contributed by atoms with Crippen LogP contribution in [0.25, 0.3) is 0 Å². The highest BCUT2D eigenvalue weighted by Gasteiger charge is 2.28. The Kier molecular flexibility index (Phi) is 5.03. The van der Waals surface area contributed by atoms with Gasteiger partial charge in [0.15, 0.2) is 0 Å². The second-order valence-corrected chi connectivity index (χ2v) is 6.91. The maximum absolute atomic E-state index is 10.1. The number of benzene rings is 1. The van der Waals surface area contributed by atoms with Crippen molar-refractivity contribution in [1.82, 2.24) is 5.01 Å². The van der Waals surface area contributed by atoms with E-state index in [9.17, 15) is 5.11 Å². The number of nitrogens with zero attached hydrogens (tertiary/aromatic N) is 1. The number of rotatable bonds is 4. The molecule has 0 aliphatic heterocycles. The fourth-order valence-corrected chi connectivity index (χ4v) is 2.49. The lowest BCUT2D eigenvalue weighted by Gasteiger charge is -2.38. The topological polar surface area (TPSA) is 49.5 Å². The molecule has 3 nitrogen and oxygen atoms in total. The summed E-state index contributed by atoms with van der Waals surface area (Å²) in [5.41, 5.74) is 1.67. The van der Waals surface area contributed by atoms with E-state index in [1.807, 2.05) is 24.1 Å². The molecule has 0 fully saturated rings. The molecule has 0 radical (unpaired) electrons. The van der Waals surface area contributed by atoms with Crippen LogP contribution in [0.2, 0.25) is 0 Å². The van der Waals surface area contributed by atoms with Gasteiger partial charge in [-0.2, -0.15) is 0 Å². The summed E-state index contributed by atoms with van der Waals surface area (Å²) in [5.74, 6) is 6.96. The van der Waals surface area contributed by atoms with Crippen molar-refractivity contribution in [2.24, 2.45) is 11.8 Å². The molecule has 0 aliphatic carbocycles. The monoisotopic (exact) mass is 362 g/mol. The zero-order chi connectivity index (χ0) is 14.1. The van der Waals surface area contributed by atoms with Gasteiger partial charge in [0.2, 0.25) is 0 Å². The van der Waals surface area contributed by atoms with Gasteiger partial charge in [-0.15, -0.1) is 0 Å². The molecule has 0 atom stereocenters. The summed E-state index contributed by atoms with van der Waals surface area (Å²) in [4.78, 5) is 0. The molecule has 3 N–H and O–H groups in total. The van der Waals surface area contributed by atoms with Crippen LogP contribution in [0.3, 0.4) is 0 Å². The van der Waals surface area contributed by atoms with Crippen LogP contribution in [0.5, 0.6) is 5.75 Å². The van der Waals surface area contributed by atoms with Crippen LogP contribution in [-0.4, -0.2) is 15.7 Å². The van der Waals surface area contributed by atoms with Gasteiger partial charge in [0.25, 0.3) is 0 Å². The lowest BCUT2D eigenvalue weighted by atomic mass is 9.89. The van der Waals surface area contributed by atoms with Crippen LogP contribution in [0.1, 0.15) is 38.8 Å². The standard InChI is InChI=1S/C14H23IN2O/c1-9(2)14(4,5)17(16)8-11-7-12(15)6-10(3)13(11)18/h6-7,9,18H,8,16H2,1-5H3. The maximum atomic E-state index is 10.1. The quantitative estimate of drug-likeness (QED) is 0.490. The molecule has 0 unspecified atom stereocenters. The predicted molar refractivity (Wildman–Crippen MR) is 84.2 cm³/mol. The molecule has 102 valence electrons. The molecule has 1 rings (SSSR count). The lowest BCUT2D eigenvalue weighted by molar-refractivity contribution is 0.0679. The Morgan fingerprint density at radius 3 is 2.44 bits per heavy atom. The average molecular weight is 362 g/mol. The minimum Gasteiger partial charge on any atom is -0.507 e. The Morgan fingerprint density at radius 2 is 1.94 bits per heavy atom. The van der Waals surface area contributed by atoms with E-state index in [2.05, 4.69) is 50.3 Å². The number of hydrazine groups is 1. The number of phenolic OH excluding ortho intramolecular Hbond substituents is 1. The van der Waals surface area contributed by atoms with Crippen LogP contribution in [0.15, 0.2) is 12.1 Å². The highest BCUT2D eigenvalue weighted by molar-refractivity contribution is 14.1. The van der Waals surface area contributed by atoms with Crippen molar-refractivity contribution in [2.45, 2.75) is 46.7 Å². The third kappa shape index (κ3) is 3.36.